The number of aryl methyl sites for hydroxylation is 1. The first-order valence-corrected chi connectivity index (χ1v) is 9.58. The van der Waals surface area contributed by atoms with Gasteiger partial charge in [0.15, 0.2) is 9.84 Å². The fraction of sp³-hybridized carbons (Fsp3) is 0.211. The van der Waals surface area contributed by atoms with Gasteiger partial charge in [-0.25, -0.2) is 13.2 Å². The van der Waals surface area contributed by atoms with Crippen LogP contribution in [0.15, 0.2) is 59.0 Å². The van der Waals surface area contributed by atoms with Crippen molar-refractivity contribution >= 4 is 21.4 Å². The summed E-state index contributed by atoms with van der Waals surface area (Å²) in [7, 11) is -3.33. The Morgan fingerprint density at radius 1 is 0.960 bits per heavy atom. The summed E-state index contributed by atoms with van der Waals surface area (Å²) >= 11 is 0. The monoisotopic (exact) mass is 360 g/mol. The molecule has 0 unspecified atom stereocenters. The summed E-state index contributed by atoms with van der Waals surface area (Å²) in [6.45, 7) is 1.64. The average Bonchev–Trinajstić information content (AvgIpc) is 2.55. The van der Waals surface area contributed by atoms with Crippen LogP contribution >= 0.6 is 0 Å². The molecule has 0 saturated heterocycles. The zero-order valence-corrected chi connectivity index (χ0v) is 14.9. The fourth-order valence-corrected chi connectivity index (χ4v) is 3.19. The SMILES string of the molecule is Cc1ccc(/C(=C(\CCO)C(=O)O)c2ccc(S(C)(=O)=O)cc2)cc1. The van der Waals surface area contributed by atoms with Crippen molar-refractivity contribution in [3.63, 3.8) is 0 Å². The molecule has 6 heteroatoms. The molecule has 0 heterocycles. The van der Waals surface area contributed by atoms with Crippen LogP contribution < -0.4 is 0 Å². The summed E-state index contributed by atoms with van der Waals surface area (Å²) in [5, 5.41) is 18.8. The number of carboxylic acids is 1. The van der Waals surface area contributed by atoms with Gasteiger partial charge in [-0.1, -0.05) is 42.0 Å². The number of aliphatic carboxylic acids is 1. The number of benzene rings is 2. The number of carbonyl (C=O) groups is 1. The van der Waals surface area contributed by atoms with Crippen LogP contribution in [0.1, 0.15) is 23.1 Å². The maximum Gasteiger partial charge on any atom is 0.332 e. The summed E-state index contributed by atoms with van der Waals surface area (Å²) in [5.41, 5.74) is 2.88. The highest BCUT2D eigenvalue weighted by atomic mass is 32.2. The Morgan fingerprint density at radius 2 is 1.44 bits per heavy atom. The molecule has 0 aromatic heterocycles. The highest BCUT2D eigenvalue weighted by Crippen LogP contribution is 2.30. The van der Waals surface area contributed by atoms with Gasteiger partial charge < -0.3 is 10.2 Å². The molecule has 2 aromatic rings. The lowest BCUT2D eigenvalue weighted by Crippen LogP contribution is -2.08. The summed E-state index contributed by atoms with van der Waals surface area (Å²) in [5.74, 6) is -1.11. The Hall–Kier alpha value is -2.44. The van der Waals surface area contributed by atoms with Gasteiger partial charge in [0, 0.05) is 24.9 Å². The van der Waals surface area contributed by atoms with E-state index in [1.807, 2.05) is 31.2 Å². The molecular formula is C19H20O5S. The van der Waals surface area contributed by atoms with Crippen LogP contribution in [0.4, 0.5) is 0 Å². The normalized spacial score (nSPS) is 12.6. The zero-order valence-electron chi connectivity index (χ0n) is 14.1. The molecule has 0 saturated carbocycles. The first kappa shape index (κ1) is 18.9. The van der Waals surface area contributed by atoms with E-state index in [1.54, 1.807) is 12.1 Å². The zero-order chi connectivity index (χ0) is 18.6. The van der Waals surface area contributed by atoms with E-state index in [1.165, 1.54) is 12.1 Å². The molecule has 0 atom stereocenters. The third kappa shape index (κ3) is 4.55. The molecule has 0 amide bonds. The van der Waals surface area contributed by atoms with Crippen molar-refractivity contribution in [1.29, 1.82) is 0 Å². The van der Waals surface area contributed by atoms with Crippen molar-refractivity contribution in [1.82, 2.24) is 0 Å². The highest BCUT2D eigenvalue weighted by Gasteiger charge is 2.18. The average molecular weight is 360 g/mol. The van der Waals surface area contributed by atoms with Crippen molar-refractivity contribution in [2.45, 2.75) is 18.2 Å². The quantitative estimate of drug-likeness (QED) is 0.773. The lowest BCUT2D eigenvalue weighted by molar-refractivity contribution is -0.132. The standard InChI is InChI=1S/C19H20O5S/c1-13-3-5-14(6-4-13)18(17(11-12-20)19(21)22)15-7-9-16(10-8-15)25(2,23)24/h3-10,20H,11-12H2,1-2H3,(H,21,22)/b18-17-. The third-order valence-electron chi connectivity index (χ3n) is 3.83. The number of aliphatic hydroxyl groups excluding tert-OH is 1. The maximum absolute atomic E-state index is 11.7. The van der Waals surface area contributed by atoms with Crippen molar-refractivity contribution < 1.29 is 23.4 Å². The van der Waals surface area contributed by atoms with E-state index >= 15 is 0 Å². The molecule has 0 bridgehead atoms. The number of carboxylic acid groups (broad SMARTS) is 1. The molecule has 2 aromatic carbocycles. The molecular weight excluding hydrogens is 340 g/mol. The summed E-state index contributed by atoms with van der Waals surface area (Å²) in [6, 6.07) is 13.5. The van der Waals surface area contributed by atoms with Crippen molar-refractivity contribution in [2.24, 2.45) is 0 Å². The number of hydrogen-bond donors (Lipinski definition) is 2. The van der Waals surface area contributed by atoms with Gasteiger partial charge in [-0.2, -0.15) is 0 Å². The highest BCUT2D eigenvalue weighted by molar-refractivity contribution is 7.90. The van der Waals surface area contributed by atoms with Gasteiger partial charge in [-0.05, 0) is 35.8 Å². The Morgan fingerprint density at radius 3 is 1.84 bits per heavy atom. The minimum absolute atomic E-state index is 0.00757. The molecule has 0 spiro atoms. The van der Waals surface area contributed by atoms with Gasteiger partial charge in [-0.15, -0.1) is 0 Å². The Bertz CT molecular complexity index is 892. The van der Waals surface area contributed by atoms with Crippen LogP contribution in [0, 0.1) is 6.92 Å². The minimum atomic E-state index is -3.33. The smallest absolute Gasteiger partial charge is 0.332 e. The van der Waals surface area contributed by atoms with E-state index in [9.17, 15) is 23.4 Å². The predicted molar refractivity (Wildman–Crippen MR) is 96.1 cm³/mol. The summed E-state index contributed by atoms with van der Waals surface area (Å²) in [4.78, 5) is 11.9. The fourth-order valence-electron chi connectivity index (χ4n) is 2.55. The maximum atomic E-state index is 11.7. The molecule has 0 aliphatic carbocycles. The van der Waals surface area contributed by atoms with Gasteiger partial charge in [0.1, 0.15) is 0 Å². The van der Waals surface area contributed by atoms with Gasteiger partial charge in [0.2, 0.25) is 0 Å². The number of sulfone groups is 1. The third-order valence-corrected chi connectivity index (χ3v) is 4.96. The van der Waals surface area contributed by atoms with E-state index in [4.69, 9.17) is 0 Å². The van der Waals surface area contributed by atoms with Crippen molar-refractivity contribution in [3.05, 3.63) is 70.8 Å². The topological polar surface area (TPSA) is 91.7 Å². The molecule has 132 valence electrons. The molecule has 0 fully saturated rings. The van der Waals surface area contributed by atoms with E-state index in [0.29, 0.717) is 16.7 Å². The molecule has 5 nitrogen and oxygen atoms in total. The molecule has 25 heavy (non-hydrogen) atoms. The van der Waals surface area contributed by atoms with Crippen LogP contribution in [-0.2, 0) is 14.6 Å². The summed E-state index contributed by atoms with van der Waals surface area (Å²) < 4.78 is 23.3. The molecule has 2 rings (SSSR count). The van der Waals surface area contributed by atoms with Gasteiger partial charge in [0.25, 0.3) is 0 Å². The number of rotatable bonds is 6. The number of aliphatic hydroxyl groups is 1. The van der Waals surface area contributed by atoms with Crippen LogP contribution in [-0.4, -0.2) is 37.5 Å². The van der Waals surface area contributed by atoms with Crippen LogP contribution in [0.5, 0.6) is 0 Å². The van der Waals surface area contributed by atoms with E-state index in [2.05, 4.69) is 0 Å². The summed E-state index contributed by atoms with van der Waals surface area (Å²) in [6.07, 6.45) is 1.11. The predicted octanol–water partition coefficient (Wildman–Crippen LogP) is 2.67. The molecule has 2 N–H and O–H groups in total. The van der Waals surface area contributed by atoms with E-state index in [0.717, 1.165) is 11.8 Å². The molecule has 0 radical (unpaired) electrons. The minimum Gasteiger partial charge on any atom is -0.478 e. The van der Waals surface area contributed by atoms with Crippen molar-refractivity contribution in [2.75, 3.05) is 12.9 Å². The van der Waals surface area contributed by atoms with Crippen LogP contribution in [0.25, 0.3) is 5.57 Å². The Kier molecular flexibility index (Phi) is 5.77. The Balaban J connectivity index is 2.68. The van der Waals surface area contributed by atoms with E-state index in [-0.39, 0.29) is 23.5 Å². The number of hydrogen-bond acceptors (Lipinski definition) is 4. The van der Waals surface area contributed by atoms with Gasteiger partial charge in [0.05, 0.1) is 4.90 Å². The molecule has 0 aliphatic rings. The van der Waals surface area contributed by atoms with E-state index < -0.39 is 15.8 Å². The second-order valence-electron chi connectivity index (χ2n) is 5.79. The lowest BCUT2D eigenvalue weighted by atomic mass is 9.91. The first-order valence-electron chi connectivity index (χ1n) is 7.69. The largest absolute Gasteiger partial charge is 0.478 e. The van der Waals surface area contributed by atoms with Crippen molar-refractivity contribution in [3.8, 4) is 0 Å². The van der Waals surface area contributed by atoms with Gasteiger partial charge in [-0.3, -0.25) is 0 Å². The van der Waals surface area contributed by atoms with Crippen LogP contribution in [0.2, 0.25) is 0 Å². The lowest BCUT2D eigenvalue weighted by Gasteiger charge is -2.14. The first-order chi connectivity index (χ1) is 11.7. The second-order valence-corrected chi connectivity index (χ2v) is 7.81. The molecule has 0 aliphatic heterocycles. The van der Waals surface area contributed by atoms with Gasteiger partial charge >= 0.3 is 5.97 Å². The Labute approximate surface area is 147 Å². The van der Waals surface area contributed by atoms with Crippen LogP contribution in [0.3, 0.4) is 0 Å². The second kappa shape index (κ2) is 7.63.